The molecule has 0 saturated carbocycles. The molecule has 1 N–H and O–H groups in total. The van der Waals surface area contributed by atoms with Crippen LogP contribution in [0.1, 0.15) is 70.1 Å². The minimum Gasteiger partial charge on any atom is -0.364 e. The lowest BCUT2D eigenvalue weighted by molar-refractivity contribution is -0.103. The van der Waals surface area contributed by atoms with E-state index in [0.717, 1.165) is 12.0 Å². The number of unbranched alkanes of at least 4 members (excludes halogenated alkanes) is 7. The highest BCUT2D eigenvalue weighted by Crippen LogP contribution is 2.14. The van der Waals surface area contributed by atoms with Gasteiger partial charge in [0.15, 0.2) is 6.29 Å². The lowest BCUT2D eigenvalue weighted by Crippen LogP contribution is -2.04. The number of aliphatic hydroxyl groups excluding tert-OH is 1. The first kappa shape index (κ1) is 21.3. The van der Waals surface area contributed by atoms with Gasteiger partial charge in [0, 0.05) is 18.0 Å². The van der Waals surface area contributed by atoms with Crippen molar-refractivity contribution in [2.24, 2.45) is 0 Å². The van der Waals surface area contributed by atoms with Crippen LogP contribution in [0.5, 0.6) is 0 Å². The van der Waals surface area contributed by atoms with Gasteiger partial charge >= 0.3 is 0 Å². The van der Waals surface area contributed by atoms with Crippen LogP contribution in [0.15, 0.2) is 60.9 Å². The van der Waals surface area contributed by atoms with Crippen molar-refractivity contribution < 1.29 is 9.84 Å². The zero-order valence-electron chi connectivity index (χ0n) is 15.5. The average molecular weight is 344 g/mol. The molecular formula is C22H33NO2. The highest BCUT2D eigenvalue weighted by atomic mass is 16.6. The van der Waals surface area contributed by atoms with Crippen LogP contribution in [0.2, 0.25) is 0 Å². The van der Waals surface area contributed by atoms with Gasteiger partial charge in [-0.3, -0.25) is 4.98 Å². The minimum absolute atomic E-state index is 0.644. The van der Waals surface area contributed by atoms with E-state index in [-0.39, 0.29) is 0 Å². The zero-order chi connectivity index (χ0) is 18.0. The molecule has 0 fully saturated rings. The van der Waals surface area contributed by atoms with Crippen molar-refractivity contribution in [1.29, 1.82) is 0 Å². The quantitative estimate of drug-likeness (QED) is 0.407. The minimum atomic E-state index is -0.772. The summed E-state index contributed by atoms with van der Waals surface area (Å²) in [6, 6.07) is 15.3. The molecule has 0 aliphatic rings. The Balaban J connectivity index is 0.000000435. The largest absolute Gasteiger partial charge is 0.364 e. The van der Waals surface area contributed by atoms with Crippen LogP contribution in [0.25, 0.3) is 0 Å². The fraction of sp³-hybridized carbons (Fsp3) is 0.500. The Morgan fingerprint density at radius 1 is 0.800 bits per heavy atom. The van der Waals surface area contributed by atoms with Crippen molar-refractivity contribution in [3.8, 4) is 0 Å². The fourth-order valence-electron chi connectivity index (χ4n) is 2.46. The molecule has 1 unspecified atom stereocenters. The molecule has 0 aliphatic carbocycles. The van der Waals surface area contributed by atoms with Crippen molar-refractivity contribution in [2.45, 2.75) is 64.6 Å². The van der Waals surface area contributed by atoms with Crippen LogP contribution in [-0.2, 0) is 4.74 Å². The van der Waals surface area contributed by atoms with E-state index < -0.39 is 6.29 Å². The summed E-state index contributed by atoms with van der Waals surface area (Å²) in [6.45, 7) is 2.89. The highest BCUT2D eigenvalue weighted by Gasteiger charge is 2.05. The number of rotatable bonds is 11. The van der Waals surface area contributed by atoms with E-state index in [2.05, 4.69) is 11.9 Å². The lowest BCUT2D eigenvalue weighted by atomic mass is 10.1. The summed E-state index contributed by atoms with van der Waals surface area (Å²) >= 11 is 0. The molecule has 0 amide bonds. The van der Waals surface area contributed by atoms with Crippen molar-refractivity contribution in [3.63, 3.8) is 0 Å². The second kappa shape index (κ2) is 15.8. The first-order valence-corrected chi connectivity index (χ1v) is 9.54. The van der Waals surface area contributed by atoms with E-state index >= 15 is 0 Å². The SMILES string of the molecule is CCCCCCCCCCOC(O)c1ccccc1.c1ccncc1. The topological polar surface area (TPSA) is 42.4 Å². The summed E-state index contributed by atoms with van der Waals surface area (Å²) in [4.78, 5) is 3.78. The number of aliphatic hydroxyl groups is 1. The lowest BCUT2D eigenvalue weighted by Gasteiger charge is -2.11. The normalized spacial score (nSPS) is 11.4. The number of ether oxygens (including phenoxy) is 1. The maximum Gasteiger partial charge on any atom is 0.181 e. The molecule has 0 saturated heterocycles. The number of pyridine rings is 1. The van der Waals surface area contributed by atoms with Crippen LogP contribution in [0.3, 0.4) is 0 Å². The van der Waals surface area contributed by atoms with Gasteiger partial charge < -0.3 is 9.84 Å². The predicted octanol–water partition coefficient (Wildman–Crippen LogP) is 5.92. The average Bonchev–Trinajstić information content (AvgIpc) is 2.69. The zero-order valence-corrected chi connectivity index (χ0v) is 15.5. The van der Waals surface area contributed by atoms with Crippen molar-refractivity contribution in [2.75, 3.05) is 6.61 Å². The van der Waals surface area contributed by atoms with Gasteiger partial charge in [-0.15, -0.1) is 0 Å². The summed E-state index contributed by atoms with van der Waals surface area (Å²) in [5, 5.41) is 9.80. The van der Waals surface area contributed by atoms with Crippen molar-refractivity contribution in [1.82, 2.24) is 4.98 Å². The molecular weight excluding hydrogens is 310 g/mol. The van der Waals surface area contributed by atoms with Crippen LogP contribution in [0, 0.1) is 0 Å². The van der Waals surface area contributed by atoms with Gasteiger partial charge in [0.1, 0.15) is 0 Å². The summed E-state index contributed by atoms with van der Waals surface area (Å²) in [5.74, 6) is 0. The molecule has 0 bridgehead atoms. The summed E-state index contributed by atoms with van der Waals surface area (Å²) in [5.41, 5.74) is 0.835. The van der Waals surface area contributed by atoms with E-state index in [1.807, 2.05) is 48.5 Å². The van der Waals surface area contributed by atoms with Crippen LogP contribution in [0.4, 0.5) is 0 Å². The second-order valence-electron chi connectivity index (χ2n) is 6.13. The Kier molecular flexibility index (Phi) is 13.5. The maximum atomic E-state index is 9.80. The number of benzene rings is 1. The summed E-state index contributed by atoms with van der Waals surface area (Å²) < 4.78 is 5.43. The standard InChI is InChI=1S/C17H28O2.C5H5N/c1-2-3-4-5-6-7-8-12-15-19-17(18)16-13-10-9-11-14-16;1-2-4-6-5-3-1/h9-11,13-14,17-18H,2-8,12,15H2,1H3;1-5H. The van der Waals surface area contributed by atoms with E-state index in [1.165, 1.54) is 44.9 Å². The molecule has 1 atom stereocenters. The third-order valence-corrected chi connectivity index (χ3v) is 3.92. The van der Waals surface area contributed by atoms with Gasteiger partial charge in [-0.1, -0.05) is 88.3 Å². The van der Waals surface area contributed by atoms with Crippen LogP contribution >= 0.6 is 0 Å². The molecule has 1 heterocycles. The molecule has 1 aromatic carbocycles. The number of hydrogen-bond donors (Lipinski definition) is 1. The third kappa shape index (κ3) is 12.3. The van der Waals surface area contributed by atoms with Gasteiger partial charge in [-0.05, 0) is 18.6 Å². The van der Waals surface area contributed by atoms with Gasteiger partial charge in [0.25, 0.3) is 0 Å². The summed E-state index contributed by atoms with van der Waals surface area (Å²) in [7, 11) is 0. The van der Waals surface area contributed by atoms with Crippen LogP contribution < -0.4 is 0 Å². The molecule has 138 valence electrons. The van der Waals surface area contributed by atoms with Crippen LogP contribution in [-0.4, -0.2) is 16.7 Å². The number of nitrogens with zero attached hydrogens (tertiary/aromatic N) is 1. The molecule has 3 heteroatoms. The van der Waals surface area contributed by atoms with Gasteiger partial charge in [-0.25, -0.2) is 0 Å². The van der Waals surface area contributed by atoms with E-state index in [9.17, 15) is 5.11 Å². The third-order valence-electron chi connectivity index (χ3n) is 3.92. The first-order chi connectivity index (χ1) is 12.3. The Labute approximate surface area is 153 Å². The molecule has 3 nitrogen and oxygen atoms in total. The second-order valence-corrected chi connectivity index (χ2v) is 6.13. The first-order valence-electron chi connectivity index (χ1n) is 9.54. The Hall–Kier alpha value is -1.71. The molecule has 0 aliphatic heterocycles. The van der Waals surface area contributed by atoms with E-state index in [1.54, 1.807) is 12.4 Å². The molecule has 1 aromatic heterocycles. The van der Waals surface area contributed by atoms with E-state index in [4.69, 9.17) is 4.74 Å². The predicted molar refractivity (Wildman–Crippen MR) is 104 cm³/mol. The number of aromatic nitrogens is 1. The molecule has 2 rings (SSSR count). The van der Waals surface area contributed by atoms with Gasteiger partial charge in [-0.2, -0.15) is 0 Å². The van der Waals surface area contributed by atoms with Crippen molar-refractivity contribution in [3.05, 3.63) is 66.5 Å². The molecule has 0 spiro atoms. The Morgan fingerprint density at radius 2 is 1.36 bits per heavy atom. The highest BCUT2D eigenvalue weighted by molar-refractivity contribution is 5.15. The van der Waals surface area contributed by atoms with E-state index in [0.29, 0.717) is 6.61 Å². The van der Waals surface area contributed by atoms with Gasteiger partial charge in [0.2, 0.25) is 0 Å². The maximum absolute atomic E-state index is 9.80. The Bertz CT molecular complexity index is 463. The molecule has 2 aromatic rings. The summed E-state index contributed by atoms with van der Waals surface area (Å²) in [6.07, 6.45) is 13.0. The van der Waals surface area contributed by atoms with Gasteiger partial charge in [0.05, 0.1) is 6.61 Å². The smallest absolute Gasteiger partial charge is 0.181 e. The van der Waals surface area contributed by atoms with Crippen molar-refractivity contribution >= 4 is 0 Å². The Morgan fingerprint density at radius 3 is 1.88 bits per heavy atom. The monoisotopic (exact) mass is 343 g/mol. The fourth-order valence-corrected chi connectivity index (χ4v) is 2.46. The molecule has 25 heavy (non-hydrogen) atoms. The molecule has 0 radical (unpaired) electrons. The number of hydrogen-bond acceptors (Lipinski definition) is 3.